The first-order chi connectivity index (χ1) is 12.5. The number of esters is 1. The summed E-state index contributed by atoms with van der Waals surface area (Å²) in [6, 6.07) is 8.76. The van der Waals surface area contributed by atoms with Crippen molar-refractivity contribution in [2.24, 2.45) is 0 Å². The van der Waals surface area contributed by atoms with Gasteiger partial charge >= 0.3 is 5.97 Å². The van der Waals surface area contributed by atoms with Gasteiger partial charge in [0, 0.05) is 5.02 Å². The van der Waals surface area contributed by atoms with E-state index in [9.17, 15) is 9.90 Å². The van der Waals surface area contributed by atoms with Crippen molar-refractivity contribution in [3.63, 3.8) is 0 Å². The van der Waals surface area contributed by atoms with Gasteiger partial charge in [0.2, 0.25) is 0 Å². The Morgan fingerprint density at radius 1 is 1.31 bits per heavy atom. The number of aliphatic hydroxyl groups is 1. The normalized spacial score (nSPS) is 11.3. The van der Waals surface area contributed by atoms with Crippen molar-refractivity contribution in [1.29, 1.82) is 0 Å². The Bertz CT molecular complexity index is 949. The van der Waals surface area contributed by atoms with Gasteiger partial charge in [-0.15, -0.1) is 0 Å². The fourth-order valence-corrected chi connectivity index (χ4v) is 2.94. The maximum Gasteiger partial charge on any atom is 0.339 e. The molecule has 0 spiro atoms. The van der Waals surface area contributed by atoms with Gasteiger partial charge in [-0.3, -0.25) is 0 Å². The molecule has 1 N–H and O–H groups in total. The molecule has 3 aromatic rings. The third-order valence-electron chi connectivity index (χ3n) is 3.99. The topological polar surface area (TPSA) is 77.2 Å². The fourth-order valence-electron chi connectivity index (χ4n) is 2.81. The molecule has 6 nitrogen and oxygen atoms in total. The molecule has 2 heterocycles. The van der Waals surface area contributed by atoms with Crippen LogP contribution in [0.15, 0.2) is 30.3 Å². The van der Waals surface area contributed by atoms with Crippen molar-refractivity contribution in [1.82, 2.24) is 14.8 Å². The molecular weight excluding hydrogens is 354 g/mol. The van der Waals surface area contributed by atoms with Gasteiger partial charge in [0.15, 0.2) is 5.65 Å². The van der Waals surface area contributed by atoms with Gasteiger partial charge in [-0.1, -0.05) is 25.4 Å². The smallest absolute Gasteiger partial charge is 0.339 e. The van der Waals surface area contributed by atoms with Gasteiger partial charge in [0.1, 0.15) is 0 Å². The van der Waals surface area contributed by atoms with E-state index in [4.69, 9.17) is 16.3 Å². The zero-order valence-corrected chi connectivity index (χ0v) is 15.6. The van der Waals surface area contributed by atoms with Gasteiger partial charge < -0.3 is 9.84 Å². The minimum Gasteiger partial charge on any atom is -0.462 e. The Morgan fingerprint density at radius 2 is 2.00 bits per heavy atom. The molecule has 7 heteroatoms. The first-order valence-corrected chi connectivity index (χ1v) is 8.80. The molecule has 0 bridgehead atoms. The second-order valence-corrected chi connectivity index (χ2v) is 6.60. The third kappa shape index (κ3) is 3.30. The average molecular weight is 374 g/mol. The van der Waals surface area contributed by atoms with Crippen LogP contribution in [-0.4, -0.2) is 32.4 Å². The highest BCUT2D eigenvalue weighted by molar-refractivity contribution is 6.30. The van der Waals surface area contributed by atoms with Crippen LogP contribution in [-0.2, 0) is 11.3 Å². The quantitative estimate of drug-likeness (QED) is 0.687. The molecule has 0 radical (unpaired) electrons. The van der Waals surface area contributed by atoms with Gasteiger partial charge in [0.25, 0.3) is 0 Å². The molecule has 26 heavy (non-hydrogen) atoms. The zero-order valence-electron chi connectivity index (χ0n) is 14.9. The summed E-state index contributed by atoms with van der Waals surface area (Å²) in [6.45, 7) is 5.74. The second-order valence-electron chi connectivity index (χ2n) is 6.17. The van der Waals surface area contributed by atoms with E-state index in [0.717, 1.165) is 11.4 Å². The summed E-state index contributed by atoms with van der Waals surface area (Å²) in [5.41, 5.74) is 2.76. The molecule has 0 aliphatic heterocycles. The van der Waals surface area contributed by atoms with Crippen molar-refractivity contribution in [2.75, 3.05) is 6.61 Å². The highest BCUT2D eigenvalue weighted by atomic mass is 35.5. The third-order valence-corrected chi connectivity index (χ3v) is 4.25. The SMILES string of the molecule is CCOC(=O)c1cc(CO)nc2c1c(C(C)C)nn2-c1ccc(Cl)cc1. The lowest BCUT2D eigenvalue weighted by atomic mass is 10.0. The first kappa shape index (κ1) is 18.4. The second kappa shape index (κ2) is 7.43. The van der Waals surface area contributed by atoms with Crippen LogP contribution in [0.25, 0.3) is 16.7 Å². The molecule has 0 unspecified atom stereocenters. The highest BCUT2D eigenvalue weighted by Crippen LogP contribution is 2.30. The van der Waals surface area contributed by atoms with Gasteiger partial charge in [0.05, 0.1) is 41.2 Å². The number of aliphatic hydroxyl groups excluding tert-OH is 1. The van der Waals surface area contributed by atoms with E-state index in [0.29, 0.717) is 27.3 Å². The molecule has 0 saturated carbocycles. The van der Waals surface area contributed by atoms with E-state index < -0.39 is 5.97 Å². The lowest BCUT2D eigenvalue weighted by Gasteiger charge is -2.08. The fraction of sp³-hybridized carbons (Fsp3) is 0.316. The van der Waals surface area contributed by atoms with E-state index in [-0.39, 0.29) is 19.1 Å². The molecule has 0 amide bonds. The zero-order chi connectivity index (χ0) is 18.8. The number of carbonyl (C=O) groups is 1. The van der Waals surface area contributed by atoms with Crippen LogP contribution in [0.2, 0.25) is 5.02 Å². The number of benzene rings is 1. The minimum atomic E-state index is -0.452. The molecule has 0 saturated heterocycles. The predicted molar refractivity (Wildman–Crippen MR) is 99.8 cm³/mol. The van der Waals surface area contributed by atoms with Crippen LogP contribution in [0, 0.1) is 0 Å². The number of carbonyl (C=O) groups excluding carboxylic acids is 1. The lowest BCUT2D eigenvalue weighted by molar-refractivity contribution is 0.0528. The van der Waals surface area contributed by atoms with E-state index >= 15 is 0 Å². The lowest BCUT2D eigenvalue weighted by Crippen LogP contribution is -2.08. The molecule has 1 aromatic carbocycles. The largest absolute Gasteiger partial charge is 0.462 e. The number of fused-ring (bicyclic) bond motifs is 1. The van der Waals surface area contributed by atoms with Crippen LogP contribution < -0.4 is 0 Å². The summed E-state index contributed by atoms with van der Waals surface area (Å²) < 4.78 is 6.87. The number of pyridine rings is 1. The number of nitrogens with zero attached hydrogens (tertiary/aromatic N) is 3. The molecule has 0 fully saturated rings. The summed E-state index contributed by atoms with van der Waals surface area (Å²) in [5.74, 6) is -0.381. The van der Waals surface area contributed by atoms with E-state index in [2.05, 4.69) is 10.1 Å². The number of rotatable bonds is 5. The van der Waals surface area contributed by atoms with Gasteiger partial charge in [-0.05, 0) is 43.2 Å². The highest BCUT2D eigenvalue weighted by Gasteiger charge is 2.24. The number of ether oxygens (including phenoxy) is 1. The van der Waals surface area contributed by atoms with Crippen molar-refractivity contribution < 1.29 is 14.6 Å². The number of hydrogen-bond donors (Lipinski definition) is 1. The molecular formula is C19H20ClN3O3. The number of aromatic nitrogens is 3. The monoisotopic (exact) mass is 373 g/mol. The minimum absolute atomic E-state index is 0.0704. The van der Waals surface area contributed by atoms with Crippen molar-refractivity contribution >= 4 is 28.6 Å². The summed E-state index contributed by atoms with van der Waals surface area (Å²) in [6.07, 6.45) is 0. The Morgan fingerprint density at radius 3 is 2.58 bits per heavy atom. The molecule has 0 atom stereocenters. The van der Waals surface area contributed by atoms with Crippen LogP contribution in [0.3, 0.4) is 0 Å². The van der Waals surface area contributed by atoms with E-state index in [1.807, 2.05) is 26.0 Å². The summed E-state index contributed by atoms with van der Waals surface area (Å²) >= 11 is 5.98. The van der Waals surface area contributed by atoms with Crippen molar-refractivity contribution in [3.05, 3.63) is 52.3 Å². The number of hydrogen-bond acceptors (Lipinski definition) is 5. The summed E-state index contributed by atoms with van der Waals surface area (Å²) in [5, 5.41) is 15.5. The molecule has 0 aliphatic rings. The predicted octanol–water partition coefficient (Wildman–Crippen LogP) is 3.87. The average Bonchev–Trinajstić information content (AvgIpc) is 3.01. The Hall–Kier alpha value is -2.44. The molecule has 136 valence electrons. The van der Waals surface area contributed by atoms with E-state index in [1.165, 1.54) is 0 Å². The summed E-state index contributed by atoms with van der Waals surface area (Å²) in [4.78, 5) is 17.0. The molecule has 3 rings (SSSR count). The van der Waals surface area contributed by atoms with Crippen molar-refractivity contribution in [2.45, 2.75) is 33.3 Å². The Labute approximate surface area is 156 Å². The molecule has 0 aliphatic carbocycles. The Balaban J connectivity index is 2.35. The van der Waals surface area contributed by atoms with Crippen LogP contribution >= 0.6 is 11.6 Å². The summed E-state index contributed by atoms with van der Waals surface area (Å²) in [7, 11) is 0. The maximum atomic E-state index is 12.5. The van der Waals surface area contributed by atoms with Gasteiger partial charge in [-0.25, -0.2) is 14.5 Å². The van der Waals surface area contributed by atoms with Gasteiger partial charge in [-0.2, -0.15) is 5.10 Å². The van der Waals surface area contributed by atoms with Crippen LogP contribution in [0.4, 0.5) is 0 Å². The number of halogens is 1. The maximum absolute atomic E-state index is 12.5. The van der Waals surface area contributed by atoms with Crippen LogP contribution in [0.1, 0.15) is 48.4 Å². The van der Waals surface area contributed by atoms with Crippen molar-refractivity contribution in [3.8, 4) is 5.69 Å². The Kier molecular flexibility index (Phi) is 5.25. The first-order valence-electron chi connectivity index (χ1n) is 8.42. The van der Waals surface area contributed by atoms with Crippen LogP contribution in [0.5, 0.6) is 0 Å². The standard InChI is InChI=1S/C19H20ClN3O3/c1-4-26-19(25)15-9-13(10-24)21-18-16(15)17(11(2)3)22-23(18)14-7-5-12(20)6-8-14/h5-9,11,24H,4,10H2,1-3H3. The van der Waals surface area contributed by atoms with E-state index in [1.54, 1.807) is 29.8 Å². The molecule has 2 aromatic heterocycles.